The number of benzene rings is 1. The zero-order valence-corrected chi connectivity index (χ0v) is 18.5. The largest absolute Gasteiger partial charge is 0.380 e. The highest BCUT2D eigenvalue weighted by molar-refractivity contribution is 5.99. The number of halogens is 1. The third-order valence-corrected chi connectivity index (χ3v) is 7.32. The Bertz CT molecular complexity index is 977. The van der Waals surface area contributed by atoms with E-state index < -0.39 is 0 Å². The Morgan fingerprint density at radius 3 is 2.84 bits per heavy atom. The molecule has 3 heterocycles. The van der Waals surface area contributed by atoms with Crippen molar-refractivity contribution >= 4 is 22.7 Å². The SMILES string of the molecule is Cc1ccc(F)c2cc(C(=O)N[C@@H]3CCC[C@H](N4CCN(C5CCOC5)CC4=O)C3)[nH]c12. The summed E-state index contributed by atoms with van der Waals surface area (Å²) in [6.07, 6.45) is 4.60. The minimum atomic E-state index is -0.333. The van der Waals surface area contributed by atoms with Crippen LogP contribution in [0, 0.1) is 12.7 Å². The monoisotopic (exact) mass is 442 g/mol. The number of aryl methyl sites for hydroxylation is 1. The lowest BCUT2D eigenvalue weighted by Crippen LogP contribution is -2.58. The van der Waals surface area contributed by atoms with Gasteiger partial charge < -0.3 is 19.9 Å². The van der Waals surface area contributed by atoms with Crippen LogP contribution in [0.15, 0.2) is 18.2 Å². The molecule has 0 radical (unpaired) electrons. The Labute approximate surface area is 187 Å². The van der Waals surface area contributed by atoms with E-state index in [0.29, 0.717) is 29.2 Å². The minimum absolute atomic E-state index is 0.00710. The maximum atomic E-state index is 14.1. The van der Waals surface area contributed by atoms with E-state index in [-0.39, 0.29) is 29.7 Å². The van der Waals surface area contributed by atoms with Crippen LogP contribution >= 0.6 is 0 Å². The standard InChI is InChI=1S/C24H31FN4O3/c1-15-5-6-20(25)19-12-21(27-23(15)19)24(31)26-16-3-2-4-17(11-16)29-9-8-28(13-22(29)30)18-7-10-32-14-18/h5-6,12,16-18,27H,2-4,7-11,13-14H2,1H3,(H,26,31)/t16-,17+,18?/m1/s1. The number of ether oxygens (including phenoxy) is 1. The minimum Gasteiger partial charge on any atom is -0.380 e. The van der Waals surface area contributed by atoms with E-state index in [4.69, 9.17) is 4.74 Å². The van der Waals surface area contributed by atoms with Gasteiger partial charge >= 0.3 is 0 Å². The van der Waals surface area contributed by atoms with E-state index in [1.807, 2.05) is 11.8 Å². The Balaban J connectivity index is 1.21. The van der Waals surface area contributed by atoms with Crippen LogP contribution in [0.4, 0.5) is 4.39 Å². The number of fused-ring (bicyclic) bond motifs is 1. The number of hydrogen-bond acceptors (Lipinski definition) is 4. The molecule has 2 aliphatic heterocycles. The van der Waals surface area contributed by atoms with Gasteiger partial charge in [-0.15, -0.1) is 0 Å². The average Bonchev–Trinajstić information content (AvgIpc) is 3.47. The highest BCUT2D eigenvalue weighted by atomic mass is 19.1. The van der Waals surface area contributed by atoms with Gasteiger partial charge in [0.25, 0.3) is 5.91 Å². The number of amides is 2. The third-order valence-electron chi connectivity index (χ3n) is 7.32. The topological polar surface area (TPSA) is 77.7 Å². The zero-order valence-electron chi connectivity index (χ0n) is 18.5. The van der Waals surface area contributed by atoms with Crippen LogP contribution in [0.25, 0.3) is 10.9 Å². The molecular formula is C24H31FN4O3. The quantitative estimate of drug-likeness (QED) is 0.763. The van der Waals surface area contributed by atoms with Crippen molar-refractivity contribution in [3.05, 3.63) is 35.3 Å². The summed E-state index contributed by atoms with van der Waals surface area (Å²) < 4.78 is 19.6. The number of aromatic amines is 1. The highest BCUT2D eigenvalue weighted by Gasteiger charge is 2.36. The Morgan fingerprint density at radius 1 is 1.22 bits per heavy atom. The molecule has 1 unspecified atom stereocenters. The Kier molecular flexibility index (Phi) is 5.90. The van der Waals surface area contributed by atoms with Crippen LogP contribution in [-0.2, 0) is 9.53 Å². The molecule has 7 nitrogen and oxygen atoms in total. The van der Waals surface area contributed by atoms with Gasteiger partial charge in [0, 0.05) is 43.2 Å². The van der Waals surface area contributed by atoms with Gasteiger partial charge in [0.15, 0.2) is 0 Å². The van der Waals surface area contributed by atoms with Gasteiger partial charge in [-0.25, -0.2) is 4.39 Å². The number of nitrogens with zero attached hydrogens (tertiary/aromatic N) is 2. The first-order valence-electron chi connectivity index (χ1n) is 11.7. The fourth-order valence-electron chi connectivity index (χ4n) is 5.50. The second kappa shape index (κ2) is 8.83. The van der Waals surface area contributed by atoms with Crippen molar-refractivity contribution in [2.75, 3.05) is 32.8 Å². The van der Waals surface area contributed by atoms with E-state index in [1.165, 1.54) is 6.07 Å². The lowest BCUT2D eigenvalue weighted by atomic mass is 9.89. The van der Waals surface area contributed by atoms with Crippen molar-refractivity contribution in [1.82, 2.24) is 20.1 Å². The highest BCUT2D eigenvalue weighted by Crippen LogP contribution is 2.27. The van der Waals surface area contributed by atoms with Crippen LogP contribution in [0.2, 0.25) is 0 Å². The zero-order chi connectivity index (χ0) is 22.2. The molecule has 3 fully saturated rings. The molecule has 3 aliphatic rings. The molecule has 172 valence electrons. The van der Waals surface area contributed by atoms with Crippen LogP contribution in [0.1, 0.15) is 48.2 Å². The van der Waals surface area contributed by atoms with Crippen LogP contribution in [0.5, 0.6) is 0 Å². The lowest BCUT2D eigenvalue weighted by molar-refractivity contribution is -0.140. The summed E-state index contributed by atoms with van der Waals surface area (Å²) in [5.74, 6) is -0.370. The number of hydrogen-bond donors (Lipinski definition) is 2. The number of carbonyl (C=O) groups excluding carboxylic acids is 2. The van der Waals surface area contributed by atoms with Crippen molar-refractivity contribution in [2.24, 2.45) is 0 Å². The van der Waals surface area contributed by atoms with E-state index in [0.717, 1.165) is 64.0 Å². The number of rotatable bonds is 4. The van der Waals surface area contributed by atoms with Gasteiger partial charge in [0.1, 0.15) is 11.5 Å². The van der Waals surface area contributed by atoms with Crippen LogP contribution < -0.4 is 5.32 Å². The van der Waals surface area contributed by atoms with Gasteiger partial charge in [0.05, 0.1) is 18.7 Å². The summed E-state index contributed by atoms with van der Waals surface area (Å²) in [7, 11) is 0. The molecule has 0 spiro atoms. The van der Waals surface area contributed by atoms with Crippen molar-refractivity contribution < 1.29 is 18.7 Å². The molecule has 2 amide bonds. The Hall–Kier alpha value is -2.45. The first-order valence-corrected chi connectivity index (χ1v) is 11.7. The second-order valence-electron chi connectivity index (χ2n) is 9.40. The first-order chi connectivity index (χ1) is 15.5. The third kappa shape index (κ3) is 4.13. The molecule has 0 bridgehead atoms. The van der Waals surface area contributed by atoms with E-state index in [1.54, 1.807) is 12.1 Å². The molecule has 1 aliphatic carbocycles. The maximum Gasteiger partial charge on any atom is 0.267 e. The summed E-state index contributed by atoms with van der Waals surface area (Å²) >= 11 is 0. The predicted octanol–water partition coefficient (Wildman–Crippen LogP) is 2.59. The molecule has 1 saturated carbocycles. The van der Waals surface area contributed by atoms with E-state index in [9.17, 15) is 14.0 Å². The maximum absolute atomic E-state index is 14.1. The predicted molar refractivity (Wildman–Crippen MR) is 119 cm³/mol. The Morgan fingerprint density at radius 2 is 2.09 bits per heavy atom. The second-order valence-corrected chi connectivity index (χ2v) is 9.40. The number of carbonyl (C=O) groups is 2. The summed E-state index contributed by atoms with van der Waals surface area (Å²) in [5, 5.41) is 3.55. The van der Waals surface area contributed by atoms with Gasteiger partial charge in [0.2, 0.25) is 5.91 Å². The van der Waals surface area contributed by atoms with Crippen molar-refractivity contribution in [2.45, 2.75) is 57.2 Å². The first kappa shape index (κ1) is 21.4. The molecular weight excluding hydrogens is 411 g/mol. The van der Waals surface area contributed by atoms with E-state index >= 15 is 0 Å². The van der Waals surface area contributed by atoms with Gasteiger partial charge in [-0.2, -0.15) is 0 Å². The van der Waals surface area contributed by atoms with Gasteiger partial charge in [-0.05, 0) is 56.7 Å². The molecule has 32 heavy (non-hydrogen) atoms. The van der Waals surface area contributed by atoms with Gasteiger partial charge in [-0.3, -0.25) is 14.5 Å². The van der Waals surface area contributed by atoms with E-state index in [2.05, 4.69) is 15.2 Å². The summed E-state index contributed by atoms with van der Waals surface area (Å²) in [4.78, 5) is 33.1. The molecule has 1 aromatic heterocycles. The average molecular weight is 443 g/mol. The lowest BCUT2D eigenvalue weighted by Gasteiger charge is -2.43. The molecule has 5 rings (SSSR count). The summed E-state index contributed by atoms with van der Waals surface area (Å²) in [5.41, 5.74) is 1.94. The van der Waals surface area contributed by atoms with Crippen molar-refractivity contribution in [1.29, 1.82) is 0 Å². The molecule has 2 aromatic rings. The number of piperazine rings is 1. The molecule has 3 atom stereocenters. The number of nitrogens with one attached hydrogen (secondary N) is 2. The fraction of sp³-hybridized carbons (Fsp3) is 0.583. The number of H-pyrrole nitrogens is 1. The van der Waals surface area contributed by atoms with Crippen molar-refractivity contribution in [3.63, 3.8) is 0 Å². The molecule has 2 N–H and O–H groups in total. The summed E-state index contributed by atoms with van der Waals surface area (Å²) in [6, 6.07) is 5.25. The normalized spacial score (nSPS) is 27.2. The molecule has 8 heteroatoms. The molecule has 1 aromatic carbocycles. The van der Waals surface area contributed by atoms with Crippen LogP contribution in [0.3, 0.4) is 0 Å². The molecule has 2 saturated heterocycles. The van der Waals surface area contributed by atoms with Gasteiger partial charge in [-0.1, -0.05) is 6.07 Å². The smallest absolute Gasteiger partial charge is 0.267 e. The number of aromatic nitrogens is 1. The summed E-state index contributed by atoms with van der Waals surface area (Å²) in [6.45, 7) is 5.48. The van der Waals surface area contributed by atoms with Crippen LogP contribution in [-0.4, -0.2) is 77.6 Å². The fourth-order valence-corrected chi connectivity index (χ4v) is 5.50. The van der Waals surface area contributed by atoms with Crippen molar-refractivity contribution in [3.8, 4) is 0 Å².